The van der Waals surface area contributed by atoms with Gasteiger partial charge in [0.2, 0.25) is 11.8 Å². The molecule has 2 saturated heterocycles. The van der Waals surface area contributed by atoms with Crippen LogP contribution in [0.1, 0.15) is 47.7 Å². The molecule has 4 atom stereocenters. The van der Waals surface area contributed by atoms with Crippen molar-refractivity contribution in [3.63, 3.8) is 0 Å². The maximum Gasteiger partial charge on any atom is 0.338 e. The lowest BCUT2D eigenvalue weighted by Crippen LogP contribution is -2.54. The summed E-state index contributed by atoms with van der Waals surface area (Å²) in [6, 6.07) is 12.7. The second-order valence-electron chi connectivity index (χ2n) is 11.6. The molecular weight excluding hydrogens is 626 g/mol. The molecule has 3 aromatic rings. The Morgan fingerprint density at radius 2 is 1.91 bits per heavy atom. The number of methoxy groups -OCH3 is 1. The molecule has 3 aliphatic heterocycles. The van der Waals surface area contributed by atoms with E-state index in [9.17, 15) is 24.5 Å². The molecule has 7 rings (SSSR count). The molecule has 45 heavy (non-hydrogen) atoms. The van der Waals surface area contributed by atoms with Gasteiger partial charge in [-0.3, -0.25) is 24.6 Å². The second-order valence-corrected chi connectivity index (χ2v) is 12.5. The van der Waals surface area contributed by atoms with Crippen LogP contribution in [0.15, 0.2) is 54.6 Å². The summed E-state index contributed by atoms with van der Waals surface area (Å²) in [5.74, 6) is -4.13. The first kappa shape index (κ1) is 30.9. The standard InChI is InChI=1S/C31H25Cl2FN4O6.CH4/c1-44-29(40)16-7-10-22(23(11-16)38(42)43)36-14-24-25(28(36)39)26(18-3-2-4-20(33)27(18)34)31(37(24)13-15-5-6-15)19-9-8-17(32)12-21(19)35-30(31)41;/h2-4,7-12,15,24-26H,5-6,13-14H2,1H3,(H,35,41);1H4/t24-,25+,26-,31+;/m1./s1. The molecule has 0 radical (unpaired) electrons. The van der Waals surface area contributed by atoms with Gasteiger partial charge in [-0.15, -0.1) is 0 Å². The zero-order valence-electron chi connectivity index (χ0n) is 23.3. The number of nitrogens with one attached hydrogen (secondary N) is 1. The third-order valence-corrected chi connectivity index (χ3v) is 9.86. The molecule has 1 saturated carbocycles. The number of fused-ring (bicyclic) bond motifs is 3. The minimum Gasteiger partial charge on any atom is -0.465 e. The van der Waals surface area contributed by atoms with Crippen LogP contribution in [0.3, 0.4) is 0 Å². The maximum atomic E-state index is 16.0. The Morgan fingerprint density at radius 1 is 1.16 bits per heavy atom. The molecule has 13 heteroatoms. The number of nitro groups is 1. The summed E-state index contributed by atoms with van der Waals surface area (Å²) in [6.45, 7) is 0.463. The first-order valence-electron chi connectivity index (χ1n) is 14.1. The maximum absolute atomic E-state index is 16.0. The summed E-state index contributed by atoms with van der Waals surface area (Å²) in [4.78, 5) is 55.8. The summed E-state index contributed by atoms with van der Waals surface area (Å²) in [5.41, 5.74) is -0.792. The number of anilines is 2. The van der Waals surface area contributed by atoms with Gasteiger partial charge in [0, 0.05) is 47.4 Å². The van der Waals surface area contributed by atoms with Crippen molar-refractivity contribution in [2.75, 3.05) is 30.4 Å². The van der Waals surface area contributed by atoms with E-state index in [2.05, 4.69) is 5.32 Å². The highest BCUT2D eigenvalue weighted by Crippen LogP contribution is 2.62. The quantitative estimate of drug-likeness (QED) is 0.192. The van der Waals surface area contributed by atoms with Crippen LogP contribution in [0, 0.1) is 27.8 Å². The van der Waals surface area contributed by atoms with Crippen molar-refractivity contribution in [2.24, 2.45) is 11.8 Å². The minimum atomic E-state index is -1.47. The number of ether oxygens (including phenoxy) is 1. The van der Waals surface area contributed by atoms with Gasteiger partial charge in [0.05, 0.1) is 28.5 Å². The highest BCUT2D eigenvalue weighted by molar-refractivity contribution is 6.31. The number of benzene rings is 3. The molecule has 2 amide bonds. The van der Waals surface area contributed by atoms with E-state index in [1.54, 1.807) is 24.3 Å². The average molecular weight is 656 g/mol. The number of esters is 1. The molecule has 0 aromatic heterocycles. The summed E-state index contributed by atoms with van der Waals surface area (Å²) >= 11 is 12.6. The molecule has 4 aliphatic rings. The Morgan fingerprint density at radius 3 is 2.60 bits per heavy atom. The number of halogens is 3. The molecule has 234 valence electrons. The van der Waals surface area contributed by atoms with Crippen molar-refractivity contribution in [3.8, 4) is 0 Å². The largest absolute Gasteiger partial charge is 0.465 e. The fourth-order valence-electron chi connectivity index (χ4n) is 7.38. The number of rotatable bonds is 6. The number of carbonyl (C=O) groups excluding carboxylic acids is 3. The Hall–Kier alpha value is -4.06. The fourth-order valence-corrected chi connectivity index (χ4v) is 7.73. The number of carbonyl (C=O) groups is 3. The molecule has 1 spiro atoms. The van der Waals surface area contributed by atoms with Crippen molar-refractivity contribution in [1.82, 2.24) is 4.90 Å². The smallest absolute Gasteiger partial charge is 0.338 e. The van der Waals surface area contributed by atoms with Crippen LogP contribution in [0.2, 0.25) is 10.0 Å². The predicted molar refractivity (Wildman–Crippen MR) is 166 cm³/mol. The van der Waals surface area contributed by atoms with E-state index in [1.165, 1.54) is 29.2 Å². The lowest BCUT2D eigenvalue weighted by Gasteiger charge is -2.41. The summed E-state index contributed by atoms with van der Waals surface area (Å²) in [7, 11) is 1.16. The normalized spacial score (nSPS) is 25.2. The first-order chi connectivity index (χ1) is 21.1. The Labute approximate surface area is 268 Å². The van der Waals surface area contributed by atoms with E-state index >= 15 is 4.39 Å². The van der Waals surface area contributed by atoms with E-state index in [-0.39, 0.29) is 41.7 Å². The van der Waals surface area contributed by atoms with Gasteiger partial charge in [0.15, 0.2) is 0 Å². The van der Waals surface area contributed by atoms with Gasteiger partial charge in [-0.25, -0.2) is 9.18 Å². The van der Waals surface area contributed by atoms with Gasteiger partial charge >= 0.3 is 5.97 Å². The van der Waals surface area contributed by atoms with Crippen molar-refractivity contribution in [1.29, 1.82) is 0 Å². The molecule has 0 unspecified atom stereocenters. The Kier molecular flexibility index (Phi) is 7.62. The topological polar surface area (TPSA) is 122 Å². The molecular formula is C32H29Cl2FN4O6. The summed E-state index contributed by atoms with van der Waals surface area (Å²) in [6.07, 6.45) is 1.88. The second kappa shape index (κ2) is 11.1. The Balaban J connectivity index is 0.00000357. The van der Waals surface area contributed by atoms with Crippen molar-refractivity contribution < 1.29 is 28.4 Å². The molecule has 3 aromatic carbocycles. The lowest BCUT2D eigenvalue weighted by molar-refractivity contribution is -0.384. The summed E-state index contributed by atoms with van der Waals surface area (Å²) < 4.78 is 20.7. The van der Waals surface area contributed by atoms with Crippen LogP contribution in [-0.4, -0.2) is 53.8 Å². The monoisotopic (exact) mass is 654 g/mol. The van der Waals surface area contributed by atoms with Gasteiger partial charge in [-0.1, -0.05) is 48.8 Å². The van der Waals surface area contributed by atoms with Gasteiger partial charge in [0.25, 0.3) is 5.69 Å². The first-order valence-corrected chi connectivity index (χ1v) is 14.8. The number of nitro benzene ring substituents is 1. The molecule has 1 N–H and O–H groups in total. The molecule has 10 nitrogen and oxygen atoms in total. The molecule has 0 bridgehead atoms. The molecule has 3 heterocycles. The van der Waals surface area contributed by atoms with Crippen LogP contribution >= 0.6 is 23.2 Å². The number of nitrogens with zero attached hydrogens (tertiary/aromatic N) is 3. The number of hydrogen-bond acceptors (Lipinski definition) is 7. The minimum absolute atomic E-state index is 0. The van der Waals surface area contributed by atoms with Gasteiger partial charge in [-0.05, 0) is 54.7 Å². The van der Waals surface area contributed by atoms with Crippen LogP contribution in [0.4, 0.5) is 21.5 Å². The van der Waals surface area contributed by atoms with E-state index in [0.29, 0.717) is 22.8 Å². The van der Waals surface area contributed by atoms with E-state index < -0.39 is 57.6 Å². The van der Waals surface area contributed by atoms with Crippen LogP contribution in [0.25, 0.3) is 0 Å². The highest BCUT2D eigenvalue weighted by atomic mass is 35.5. The molecule has 3 fully saturated rings. The van der Waals surface area contributed by atoms with Gasteiger partial charge in [-0.2, -0.15) is 0 Å². The SMILES string of the molecule is C.COC(=O)c1ccc(N2C[C@@H]3[C@H](C2=O)[C@@H](c2cccc(Cl)c2F)[C@@]2(C(=O)Nc4cc(Cl)ccc42)N3CC2CC2)c([N+](=O)[O-])c1. The van der Waals surface area contributed by atoms with Gasteiger partial charge < -0.3 is 15.0 Å². The number of likely N-dealkylation sites (tertiary alicyclic amines) is 1. The van der Waals surface area contributed by atoms with Crippen LogP contribution < -0.4 is 10.2 Å². The third kappa shape index (κ3) is 4.51. The van der Waals surface area contributed by atoms with Crippen LogP contribution in [-0.2, 0) is 19.9 Å². The zero-order valence-corrected chi connectivity index (χ0v) is 24.8. The highest BCUT2D eigenvalue weighted by Gasteiger charge is 2.71. The summed E-state index contributed by atoms with van der Waals surface area (Å²) in [5, 5.41) is 15.4. The predicted octanol–water partition coefficient (Wildman–Crippen LogP) is 6.15. The van der Waals surface area contributed by atoms with Crippen LogP contribution in [0.5, 0.6) is 0 Å². The third-order valence-electron chi connectivity index (χ3n) is 9.34. The number of hydrogen-bond donors (Lipinski definition) is 1. The number of amides is 2. The van der Waals surface area contributed by atoms with Crippen molar-refractivity contribution >= 4 is 58.0 Å². The fraction of sp³-hybridized carbons (Fsp3) is 0.344. The van der Waals surface area contributed by atoms with E-state index in [0.717, 1.165) is 26.0 Å². The molecule has 1 aliphatic carbocycles. The Bertz CT molecular complexity index is 1780. The van der Waals surface area contributed by atoms with Crippen molar-refractivity contribution in [3.05, 3.63) is 97.3 Å². The van der Waals surface area contributed by atoms with Crippen molar-refractivity contribution in [2.45, 2.75) is 37.8 Å². The van der Waals surface area contributed by atoms with Gasteiger partial charge in [0.1, 0.15) is 17.0 Å². The lowest BCUT2D eigenvalue weighted by atomic mass is 9.71. The van der Waals surface area contributed by atoms with E-state index in [1.807, 2.05) is 4.90 Å². The zero-order chi connectivity index (χ0) is 31.1. The van der Waals surface area contributed by atoms with E-state index in [4.69, 9.17) is 27.9 Å². The average Bonchev–Trinajstić information content (AvgIpc) is 3.63.